The average Bonchev–Trinajstić information content (AvgIpc) is 2.48. The van der Waals surface area contributed by atoms with E-state index in [0.717, 1.165) is 24.2 Å². The van der Waals surface area contributed by atoms with Crippen LogP contribution in [0.1, 0.15) is 18.4 Å². The van der Waals surface area contributed by atoms with Gasteiger partial charge in [-0.3, -0.25) is 4.99 Å². The number of alkyl halides is 3. The van der Waals surface area contributed by atoms with Gasteiger partial charge < -0.3 is 15.4 Å². The minimum Gasteiger partial charge on any atom is -0.497 e. The lowest BCUT2D eigenvalue weighted by Crippen LogP contribution is -2.39. The molecule has 0 aliphatic carbocycles. The van der Waals surface area contributed by atoms with Crippen molar-refractivity contribution >= 4 is 5.96 Å². The third kappa shape index (κ3) is 7.75. The molecule has 0 saturated carbocycles. The minimum absolute atomic E-state index is 0.181. The topological polar surface area (TPSA) is 45.7 Å². The summed E-state index contributed by atoms with van der Waals surface area (Å²) in [5.41, 5.74) is 1.15. The first-order chi connectivity index (χ1) is 10.4. The molecular weight excluding hydrogens is 295 g/mol. The molecule has 22 heavy (non-hydrogen) atoms. The van der Waals surface area contributed by atoms with Crippen LogP contribution in [0.2, 0.25) is 0 Å². The molecule has 0 aromatic heterocycles. The van der Waals surface area contributed by atoms with Gasteiger partial charge in [0, 0.05) is 20.1 Å². The number of hydrogen-bond acceptors (Lipinski definition) is 2. The summed E-state index contributed by atoms with van der Waals surface area (Å²) in [6, 6.07) is 7.79. The van der Waals surface area contributed by atoms with Gasteiger partial charge in [-0.05, 0) is 30.5 Å². The van der Waals surface area contributed by atoms with E-state index >= 15 is 0 Å². The van der Waals surface area contributed by atoms with Crippen LogP contribution in [0.25, 0.3) is 0 Å². The van der Waals surface area contributed by atoms with E-state index in [9.17, 15) is 13.2 Å². The van der Waals surface area contributed by atoms with Gasteiger partial charge in [0.25, 0.3) is 0 Å². The first-order valence-corrected chi connectivity index (χ1v) is 7.09. The van der Waals surface area contributed by atoms with E-state index in [0.29, 0.717) is 12.5 Å². The number of nitrogens with one attached hydrogen (secondary N) is 2. The number of methoxy groups -OCH3 is 1. The molecule has 0 unspecified atom stereocenters. The Hall–Kier alpha value is -1.92. The molecule has 0 fully saturated rings. The fraction of sp³-hybridized carbons (Fsp3) is 0.533. The summed E-state index contributed by atoms with van der Waals surface area (Å²) in [4.78, 5) is 3.89. The van der Waals surface area contributed by atoms with E-state index in [2.05, 4.69) is 15.6 Å². The number of guanidine groups is 1. The van der Waals surface area contributed by atoms with Crippen LogP contribution >= 0.6 is 0 Å². The molecule has 0 bridgehead atoms. The Balaban J connectivity index is 2.24. The number of benzene rings is 1. The Bertz CT molecular complexity index is 475. The minimum atomic E-state index is -4.15. The standard InChI is InChI=1S/C15H22F3N3O/c1-19-14(21-10-8-15(16,17)18)20-9-4-6-12-5-3-7-13(11-12)22-2/h3,5,7,11H,4,6,8-10H2,1-2H3,(H2,19,20,21). The fourth-order valence-corrected chi connectivity index (χ4v) is 1.87. The molecule has 4 nitrogen and oxygen atoms in total. The van der Waals surface area contributed by atoms with Crippen LogP contribution < -0.4 is 15.4 Å². The lowest BCUT2D eigenvalue weighted by atomic mass is 10.1. The highest BCUT2D eigenvalue weighted by molar-refractivity contribution is 5.79. The SMILES string of the molecule is CN=C(NCCCc1cccc(OC)c1)NCCC(F)(F)F. The van der Waals surface area contributed by atoms with Crippen LogP contribution in [0, 0.1) is 0 Å². The molecular formula is C15H22F3N3O. The van der Waals surface area contributed by atoms with Crippen LogP contribution in [0.3, 0.4) is 0 Å². The molecule has 0 amide bonds. The van der Waals surface area contributed by atoms with Crippen molar-refractivity contribution in [3.05, 3.63) is 29.8 Å². The van der Waals surface area contributed by atoms with Gasteiger partial charge in [0.2, 0.25) is 0 Å². The third-order valence-electron chi connectivity index (χ3n) is 2.99. The quantitative estimate of drug-likeness (QED) is 0.462. The Morgan fingerprint density at radius 3 is 2.59 bits per heavy atom. The number of hydrogen-bond donors (Lipinski definition) is 2. The Kier molecular flexibility index (Phi) is 7.56. The zero-order valence-corrected chi connectivity index (χ0v) is 12.8. The predicted molar refractivity (Wildman–Crippen MR) is 81.4 cm³/mol. The molecule has 0 saturated heterocycles. The Morgan fingerprint density at radius 1 is 1.23 bits per heavy atom. The molecule has 1 rings (SSSR count). The van der Waals surface area contributed by atoms with Crippen LogP contribution in [0.4, 0.5) is 13.2 Å². The average molecular weight is 317 g/mol. The van der Waals surface area contributed by atoms with Crippen LogP contribution in [0.15, 0.2) is 29.3 Å². The van der Waals surface area contributed by atoms with Crippen molar-refractivity contribution in [2.75, 3.05) is 27.2 Å². The zero-order valence-electron chi connectivity index (χ0n) is 12.8. The van der Waals surface area contributed by atoms with E-state index in [4.69, 9.17) is 4.74 Å². The maximum Gasteiger partial charge on any atom is 0.390 e. The van der Waals surface area contributed by atoms with Crippen molar-refractivity contribution in [2.24, 2.45) is 4.99 Å². The molecule has 0 spiro atoms. The van der Waals surface area contributed by atoms with Gasteiger partial charge in [-0.2, -0.15) is 13.2 Å². The van der Waals surface area contributed by atoms with E-state index in [1.165, 1.54) is 7.05 Å². The van der Waals surface area contributed by atoms with E-state index in [1.807, 2.05) is 24.3 Å². The van der Waals surface area contributed by atoms with Crippen LogP contribution in [-0.2, 0) is 6.42 Å². The normalized spacial score (nSPS) is 12.1. The first kappa shape index (κ1) is 18.1. The number of rotatable bonds is 7. The first-order valence-electron chi connectivity index (χ1n) is 7.09. The molecule has 124 valence electrons. The van der Waals surface area contributed by atoms with Gasteiger partial charge in [0.15, 0.2) is 5.96 Å². The van der Waals surface area contributed by atoms with Crippen molar-refractivity contribution in [2.45, 2.75) is 25.4 Å². The van der Waals surface area contributed by atoms with Gasteiger partial charge in [-0.15, -0.1) is 0 Å². The molecule has 7 heteroatoms. The molecule has 0 aliphatic rings. The summed E-state index contributed by atoms with van der Waals surface area (Å²) in [6.45, 7) is 0.446. The molecule has 0 heterocycles. The summed E-state index contributed by atoms with van der Waals surface area (Å²) in [6.07, 6.45) is -3.34. The second kappa shape index (κ2) is 9.17. The van der Waals surface area contributed by atoms with Gasteiger partial charge >= 0.3 is 6.18 Å². The van der Waals surface area contributed by atoms with Crippen LogP contribution in [0.5, 0.6) is 5.75 Å². The van der Waals surface area contributed by atoms with E-state index in [-0.39, 0.29) is 6.54 Å². The summed E-state index contributed by atoms with van der Waals surface area (Å²) >= 11 is 0. The second-order valence-electron chi connectivity index (χ2n) is 4.75. The highest BCUT2D eigenvalue weighted by Crippen LogP contribution is 2.18. The maximum atomic E-state index is 12.1. The van der Waals surface area contributed by atoms with E-state index in [1.54, 1.807) is 7.11 Å². The second-order valence-corrected chi connectivity index (χ2v) is 4.75. The molecule has 1 aromatic rings. The van der Waals surface area contributed by atoms with Crippen molar-refractivity contribution in [3.8, 4) is 5.75 Å². The number of halogens is 3. The lowest BCUT2D eigenvalue weighted by Gasteiger charge is -2.13. The van der Waals surface area contributed by atoms with Crippen LogP contribution in [-0.4, -0.2) is 39.4 Å². The lowest BCUT2D eigenvalue weighted by molar-refractivity contribution is -0.132. The van der Waals surface area contributed by atoms with Gasteiger partial charge in [0.05, 0.1) is 13.5 Å². The summed E-state index contributed by atoms with van der Waals surface area (Å²) < 4.78 is 41.3. The molecule has 0 atom stereocenters. The highest BCUT2D eigenvalue weighted by Gasteiger charge is 2.26. The van der Waals surface area contributed by atoms with Gasteiger partial charge in [-0.1, -0.05) is 12.1 Å². The molecule has 2 N–H and O–H groups in total. The van der Waals surface area contributed by atoms with Gasteiger partial charge in [0.1, 0.15) is 5.75 Å². The van der Waals surface area contributed by atoms with Crippen molar-refractivity contribution < 1.29 is 17.9 Å². The zero-order chi connectivity index (χ0) is 16.4. The fourth-order valence-electron chi connectivity index (χ4n) is 1.87. The Labute approximate surface area is 128 Å². The summed E-state index contributed by atoms with van der Waals surface area (Å²) in [5.74, 6) is 1.20. The number of ether oxygens (including phenoxy) is 1. The van der Waals surface area contributed by atoms with Gasteiger partial charge in [-0.25, -0.2) is 0 Å². The maximum absolute atomic E-state index is 12.1. The number of aliphatic imine (C=N–C) groups is 1. The number of nitrogens with zero attached hydrogens (tertiary/aromatic N) is 1. The predicted octanol–water partition coefficient (Wildman–Crippen LogP) is 2.75. The van der Waals surface area contributed by atoms with E-state index < -0.39 is 12.6 Å². The molecule has 0 radical (unpaired) electrons. The summed E-state index contributed by atoms with van der Waals surface area (Å²) in [7, 11) is 3.16. The molecule has 0 aliphatic heterocycles. The van der Waals surface area contributed by atoms with Crippen molar-refractivity contribution in [3.63, 3.8) is 0 Å². The van der Waals surface area contributed by atoms with Crippen molar-refractivity contribution in [1.82, 2.24) is 10.6 Å². The number of aryl methyl sites for hydroxylation is 1. The smallest absolute Gasteiger partial charge is 0.390 e. The Morgan fingerprint density at radius 2 is 1.95 bits per heavy atom. The highest BCUT2D eigenvalue weighted by atomic mass is 19.4. The molecule has 1 aromatic carbocycles. The third-order valence-corrected chi connectivity index (χ3v) is 2.99. The monoisotopic (exact) mass is 317 g/mol. The largest absolute Gasteiger partial charge is 0.497 e. The summed E-state index contributed by atoms with van der Waals surface area (Å²) in [5, 5.41) is 5.64. The van der Waals surface area contributed by atoms with Crippen molar-refractivity contribution in [1.29, 1.82) is 0 Å².